The average Bonchev–Trinajstić information content (AvgIpc) is 3.27. The smallest absolute Gasteiger partial charge is 0.220 e. The molecule has 4 aromatic rings. The third-order valence-electron chi connectivity index (χ3n) is 5.81. The maximum Gasteiger partial charge on any atom is 0.220 e. The zero-order valence-electron chi connectivity index (χ0n) is 21.3. The summed E-state index contributed by atoms with van der Waals surface area (Å²) in [5.74, 6) is 1.66. The predicted molar refractivity (Wildman–Crippen MR) is 144 cm³/mol. The molecule has 0 unspecified atom stereocenters. The van der Waals surface area contributed by atoms with Gasteiger partial charge in [-0.1, -0.05) is 53.7 Å². The number of aromatic nitrogens is 3. The van der Waals surface area contributed by atoms with Crippen LogP contribution < -0.4 is 9.47 Å². The molecule has 0 aliphatic heterocycles. The van der Waals surface area contributed by atoms with Crippen molar-refractivity contribution < 1.29 is 14.4 Å². The molecular formula is C28H27N5O4S. The number of nitro groups is 1. The summed E-state index contributed by atoms with van der Waals surface area (Å²) >= 11 is 1.28. The maximum absolute atomic E-state index is 11.6. The Morgan fingerprint density at radius 1 is 1.05 bits per heavy atom. The first-order valence-electron chi connectivity index (χ1n) is 12.0. The van der Waals surface area contributed by atoms with Crippen molar-refractivity contribution in [3.63, 3.8) is 0 Å². The van der Waals surface area contributed by atoms with Gasteiger partial charge in [-0.15, -0.1) is 10.2 Å². The second-order valence-electron chi connectivity index (χ2n) is 8.52. The number of ether oxygens (including phenoxy) is 2. The molecule has 0 aliphatic carbocycles. The number of benzene rings is 3. The molecule has 0 N–H and O–H groups in total. The van der Waals surface area contributed by atoms with E-state index in [1.165, 1.54) is 11.8 Å². The summed E-state index contributed by atoms with van der Waals surface area (Å²) in [6.07, 6.45) is 0. The molecule has 4 rings (SSSR count). The Labute approximate surface area is 225 Å². The van der Waals surface area contributed by atoms with E-state index in [-0.39, 0.29) is 18.1 Å². The first kappa shape index (κ1) is 26.7. The minimum absolute atomic E-state index is 0.190. The zero-order chi connectivity index (χ0) is 27.1. The minimum atomic E-state index is -0.551. The van der Waals surface area contributed by atoms with Gasteiger partial charge in [0, 0.05) is 16.2 Å². The van der Waals surface area contributed by atoms with Gasteiger partial charge < -0.3 is 9.47 Å². The fourth-order valence-electron chi connectivity index (χ4n) is 3.91. The van der Waals surface area contributed by atoms with Crippen LogP contribution in [0.3, 0.4) is 0 Å². The number of rotatable bonds is 11. The molecule has 0 fully saturated rings. The Morgan fingerprint density at radius 2 is 1.82 bits per heavy atom. The van der Waals surface area contributed by atoms with Gasteiger partial charge in [0.15, 0.2) is 16.7 Å². The molecule has 10 heteroatoms. The van der Waals surface area contributed by atoms with Crippen LogP contribution >= 0.6 is 11.8 Å². The summed E-state index contributed by atoms with van der Waals surface area (Å²) in [5.41, 5.74) is 4.02. The van der Waals surface area contributed by atoms with Gasteiger partial charge in [0.2, 0.25) is 6.54 Å². The number of nitriles is 1. The van der Waals surface area contributed by atoms with Crippen LogP contribution in [0.4, 0.5) is 0 Å². The molecule has 0 bridgehead atoms. The van der Waals surface area contributed by atoms with Crippen molar-refractivity contribution in [2.75, 3.05) is 13.2 Å². The normalized spacial score (nSPS) is 11.5. The SMILES string of the molecule is CCOc1cc([C@@H](C[N+](=O)[O-])Sc2nnc(C)n2-c2ccc(C)cc2)ccc1OCc1ccccc1C#N. The number of hydrogen-bond acceptors (Lipinski definition) is 8. The number of nitrogens with zero attached hydrogens (tertiary/aromatic N) is 5. The van der Waals surface area contributed by atoms with Crippen LogP contribution in [0.15, 0.2) is 71.9 Å². The number of aryl methyl sites for hydroxylation is 2. The van der Waals surface area contributed by atoms with Crippen LogP contribution in [-0.4, -0.2) is 32.8 Å². The largest absolute Gasteiger partial charge is 0.490 e. The van der Waals surface area contributed by atoms with E-state index >= 15 is 0 Å². The highest BCUT2D eigenvalue weighted by atomic mass is 32.2. The molecule has 0 radical (unpaired) electrons. The second-order valence-corrected chi connectivity index (χ2v) is 9.69. The summed E-state index contributed by atoms with van der Waals surface area (Å²) in [6.45, 7) is 5.99. The third-order valence-corrected chi connectivity index (χ3v) is 6.99. The van der Waals surface area contributed by atoms with Crippen molar-refractivity contribution in [1.82, 2.24) is 14.8 Å². The van der Waals surface area contributed by atoms with E-state index in [0.29, 0.717) is 40.2 Å². The Balaban J connectivity index is 1.63. The number of thioether (sulfide) groups is 1. The quantitative estimate of drug-likeness (QED) is 0.135. The van der Waals surface area contributed by atoms with Crippen LogP contribution in [-0.2, 0) is 6.61 Å². The van der Waals surface area contributed by atoms with Crippen LogP contribution in [0.2, 0.25) is 0 Å². The standard InChI is InChI=1S/C28H27N5O4S/c1-4-36-26-15-21(11-14-25(26)37-18-23-8-6-5-7-22(23)16-29)27(17-32(34)35)38-28-31-30-20(3)33(28)24-12-9-19(2)10-13-24/h5-15,27H,4,17-18H2,1-3H3/t27-/m1/s1. The summed E-state index contributed by atoms with van der Waals surface area (Å²) in [5, 5.41) is 29.5. The highest BCUT2D eigenvalue weighted by Crippen LogP contribution is 2.39. The number of hydrogen-bond donors (Lipinski definition) is 0. The lowest BCUT2D eigenvalue weighted by atomic mass is 10.1. The molecule has 38 heavy (non-hydrogen) atoms. The molecule has 0 spiro atoms. The molecule has 0 saturated carbocycles. The first-order chi connectivity index (χ1) is 18.4. The van der Waals surface area contributed by atoms with E-state index < -0.39 is 5.25 Å². The predicted octanol–water partition coefficient (Wildman–Crippen LogP) is 5.84. The van der Waals surface area contributed by atoms with Crippen LogP contribution in [0.25, 0.3) is 5.69 Å². The van der Waals surface area contributed by atoms with E-state index in [1.54, 1.807) is 30.3 Å². The van der Waals surface area contributed by atoms with E-state index in [2.05, 4.69) is 16.3 Å². The topological polar surface area (TPSA) is 116 Å². The molecule has 194 valence electrons. The van der Waals surface area contributed by atoms with Gasteiger partial charge in [-0.2, -0.15) is 5.26 Å². The lowest BCUT2D eigenvalue weighted by molar-refractivity contribution is -0.479. The van der Waals surface area contributed by atoms with Crippen molar-refractivity contribution in [3.8, 4) is 23.3 Å². The molecule has 0 amide bonds. The summed E-state index contributed by atoms with van der Waals surface area (Å²) < 4.78 is 13.7. The molecule has 1 heterocycles. The van der Waals surface area contributed by atoms with E-state index in [9.17, 15) is 15.4 Å². The fraction of sp³-hybridized carbons (Fsp3) is 0.250. The molecule has 0 aliphatic rings. The van der Waals surface area contributed by atoms with Crippen molar-refractivity contribution in [1.29, 1.82) is 5.26 Å². The van der Waals surface area contributed by atoms with Crippen molar-refractivity contribution >= 4 is 11.8 Å². The second kappa shape index (κ2) is 12.3. The van der Waals surface area contributed by atoms with Gasteiger partial charge in [0.05, 0.1) is 18.2 Å². The molecule has 9 nitrogen and oxygen atoms in total. The minimum Gasteiger partial charge on any atom is -0.490 e. The molecule has 3 aromatic carbocycles. The van der Waals surface area contributed by atoms with Crippen molar-refractivity contribution in [3.05, 3.63) is 105 Å². The molecular weight excluding hydrogens is 502 g/mol. The maximum atomic E-state index is 11.6. The Bertz CT molecular complexity index is 1460. The Morgan fingerprint density at radius 3 is 2.53 bits per heavy atom. The summed E-state index contributed by atoms with van der Waals surface area (Å²) in [4.78, 5) is 11.3. The first-order valence-corrected chi connectivity index (χ1v) is 12.9. The monoisotopic (exact) mass is 529 g/mol. The Kier molecular flexibility index (Phi) is 8.61. The lowest BCUT2D eigenvalue weighted by Crippen LogP contribution is -2.12. The average molecular weight is 530 g/mol. The molecule has 1 atom stereocenters. The third kappa shape index (κ3) is 6.30. The van der Waals surface area contributed by atoms with Gasteiger partial charge in [0.1, 0.15) is 17.7 Å². The zero-order valence-corrected chi connectivity index (χ0v) is 22.1. The highest BCUT2D eigenvalue weighted by molar-refractivity contribution is 7.99. The van der Waals surface area contributed by atoms with Crippen LogP contribution in [0.5, 0.6) is 11.5 Å². The van der Waals surface area contributed by atoms with Gasteiger partial charge >= 0.3 is 0 Å². The fourth-order valence-corrected chi connectivity index (χ4v) is 5.07. The van der Waals surface area contributed by atoms with E-state index in [0.717, 1.165) is 16.8 Å². The summed E-state index contributed by atoms with van der Waals surface area (Å²) in [7, 11) is 0. The lowest BCUT2D eigenvalue weighted by Gasteiger charge is -2.17. The van der Waals surface area contributed by atoms with Crippen molar-refractivity contribution in [2.24, 2.45) is 0 Å². The molecule has 0 saturated heterocycles. The van der Waals surface area contributed by atoms with Gasteiger partial charge in [-0.3, -0.25) is 14.7 Å². The van der Waals surface area contributed by atoms with Crippen LogP contribution in [0.1, 0.15) is 40.3 Å². The van der Waals surface area contributed by atoms with E-state index in [4.69, 9.17) is 9.47 Å². The van der Waals surface area contributed by atoms with Crippen LogP contribution in [0, 0.1) is 35.3 Å². The van der Waals surface area contributed by atoms with Crippen molar-refractivity contribution in [2.45, 2.75) is 37.8 Å². The van der Waals surface area contributed by atoms with Gasteiger partial charge in [0.25, 0.3) is 0 Å². The Hall–Kier alpha value is -4.36. The van der Waals surface area contributed by atoms with E-state index in [1.807, 2.05) is 61.7 Å². The molecule has 1 aromatic heterocycles. The summed E-state index contributed by atoms with van der Waals surface area (Å²) in [6, 6.07) is 22.7. The van der Waals surface area contributed by atoms with Gasteiger partial charge in [-0.05, 0) is 56.7 Å². The van der Waals surface area contributed by atoms with Gasteiger partial charge in [-0.25, -0.2) is 0 Å². The highest BCUT2D eigenvalue weighted by Gasteiger charge is 2.25.